The maximum Gasteiger partial charge on any atom is 0.225 e. The second kappa shape index (κ2) is 5.28. The van der Waals surface area contributed by atoms with Gasteiger partial charge in [0.05, 0.1) is 16.3 Å². The van der Waals surface area contributed by atoms with Crippen LogP contribution in [-0.4, -0.2) is 30.3 Å². The van der Waals surface area contributed by atoms with E-state index < -0.39 is 0 Å². The molecule has 4 nitrogen and oxygen atoms in total. The molecule has 0 saturated carbocycles. The van der Waals surface area contributed by atoms with Crippen molar-refractivity contribution in [3.8, 4) is 0 Å². The van der Waals surface area contributed by atoms with Crippen molar-refractivity contribution in [2.24, 2.45) is 5.92 Å². The van der Waals surface area contributed by atoms with Gasteiger partial charge in [-0.05, 0) is 19.1 Å². The highest BCUT2D eigenvalue weighted by Gasteiger charge is 2.32. The number of amides is 2. The van der Waals surface area contributed by atoms with Gasteiger partial charge in [-0.3, -0.25) is 9.59 Å². The van der Waals surface area contributed by atoms with E-state index in [9.17, 15) is 9.59 Å². The number of likely N-dealkylation sites (tertiary alicyclic amines) is 1. The Balaban J connectivity index is 1.94. The molecule has 2 rings (SSSR count). The highest BCUT2D eigenvalue weighted by molar-refractivity contribution is 7.16. The van der Waals surface area contributed by atoms with Gasteiger partial charge in [0.1, 0.15) is 0 Å². The summed E-state index contributed by atoms with van der Waals surface area (Å²) in [5, 5.41) is 2.93. The lowest BCUT2D eigenvalue weighted by Gasteiger charge is -2.15. The maximum absolute atomic E-state index is 12.0. The molecule has 98 valence electrons. The van der Waals surface area contributed by atoms with Crippen molar-refractivity contribution in [2.75, 3.05) is 13.6 Å². The smallest absolute Gasteiger partial charge is 0.225 e. The van der Waals surface area contributed by atoms with E-state index in [0.717, 1.165) is 4.88 Å². The van der Waals surface area contributed by atoms with Crippen LogP contribution in [0.4, 0.5) is 0 Å². The lowest BCUT2D eigenvalue weighted by Crippen LogP contribution is -2.33. The first kappa shape index (κ1) is 13.4. The minimum Gasteiger partial charge on any atom is -0.348 e. The zero-order valence-corrected chi connectivity index (χ0v) is 11.8. The Morgan fingerprint density at radius 1 is 1.61 bits per heavy atom. The summed E-state index contributed by atoms with van der Waals surface area (Å²) in [6.45, 7) is 2.42. The highest BCUT2D eigenvalue weighted by Crippen LogP contribution is 2.27. The van der Waals surface area contributed by atoms with E-state index in [1.54, 1.807) is 11.9 Å². The predicted octanol–water partition coefficient (Wildman–Crippen LogP) is 2.06. The van der Waals surface area contributed by atoms with E-state index in [0.29, 0.717) is 17.3 Å². The molecule has 0 unspecified atom stereocenters. The zero-order valence-electron chi connectivity index (χ0n) is 10.3. The number of hydrogen-bond acceptors (Lipinski definition) is 3. The minimum atomic E-state index is -0.236. The second-order valence-electron chi connectivity index (χ2n) is 4.55. The predicted molar refractivity (Wildman–Crippen MR) is 71.6 cm³/mol. The first-order chi connectivity index (χ1) is 8.47. The third-order valence-corrected chi connectivity index (χ3v) is 4.51. The molecule has 18 heavy (non-hydrogen) atoms. The van der Waals surface area contributed by atoms with Gasteiger partial charge in [0.2, 0.25) is 11.8 Å². The fourth-order valence-electron chi connectivity index (χ4n) is 2.00. The molecule has 2 heterocycles. The van der Waals surface area contributed by atoms with E-state index in [-0.39, 0.29) is 23.8 Å². The Morgan fingerprint density at radius 3 is 2.83 bits per heavy atom. The Labute approximate surface area is 115 Å². The summed E-state index contributed by atoms with van der Waals surface area (Å²) >= 11 is 7.32. The molecule has 1 aliphatic rings. The van der Waals surface area contributed by atoms with Crippen LogP contribution in [0.15, 0.2) is 12.1 Å². The Kier molecular flexibility index (Phi) is 3.92. The van der Waals surface area contributed by atoms with Crippen molar-refractivity contribution in [1.29, 1.82) is 0 Å². The normalized spacial score (nSPS) is 21.2. The Morgan fingerprint density at radius 2 is 2.33 bits per heavy atom. The van der Waals surface area contributed by atoms with Crippen molar-refractivity contribution in [2.45, 2.75) is 19.4 Å². The molecule has 1 fully saturated rings. The molecule has 0 spiro atoms. The van der Waals surface area contributed by atoms with Gasteiger partial charge in [0.25, 0.3) is 0 Å². The number of thiophene rings is 1. The monoisotopic (exact) mass is 286 g/mol. The molecule has 1 saturated heterocycles. The van der Waals surface area contributed by atoms with E-state index >= 15 is 0 Å². The van der Waals surface area contributed by atoms with Crippen molar-refractivity contribution >= 4 is 34.8 Å². The van der Waals surface area contributed by atoms with Crippen LogP contribution in [0.25, 0.3) is 0 Å². The SMILES string of the molecule is C[C@H](NC(=O)[C@@H]1CC(=O)N(C)C1)c1ccc(Cl)s1. The molecule has 0 radical (unpaired) electrons. The summed E-state index contributed by atoms with van der Waals surface area (Å²) in [6.07, 6.45) is 0.306. The molecular weight excluding hydrogens is 272 g/mol. The van der Waals surface area contributed by atoms with Gasteiger partial charge in [0, 0.05) is 24.9 Å². The molecule has 1 aromatic heterocycles. The maximum atomic E-state index is 12.0. The van der Waals surface area contributed by atoms with Crippen LogP contribution in [0.1, 0.15) is 24.3 Å². The summed E-state index contributed by atoms with van der Waals surface area (Å²) in [4.78, 5) is 26.0. The van der Waals surface area contributed by atoms with Crippen molar-refractivity contribution in [3.05, 3.63) is 21.3 Å². The van der Waals surface area contributed by atoms with Gasteiger partial charge >= 0.3 is 0 Å². The lowest BCUT2D eigenvalue weighted by molar-refractivity contribution is -0.128. The standard InChI is InChI=1S/C12H15ClN2O2S/c1-7(9-3-4-10(13)18-9)14-12(17)8-5-11(16)15(2)6-8/h3-4,7-8H,5-6H2,1-2H3,(H,14,17)/t7-,8+/m0/s1. The first-order valence-corrected chi connectivity index (χ1v) is 6.96. The molecule has 1 aliphatic heterocycles. The summed E-state index contributed by atoms with van der Waals surface area (Å²) in [7, 11) is 1.72. The van der Waals surface area contributed by atoms with Gasteiger partial charge in [-0.1, -0.05) is 11.6 Å². The number of nitrogens with zero attached hydrogens (tertiary/aromatic N) is 1. The summed E-state index contributed by atoms with van der Waals surface area (Å²) < 4.78 is 0.710. The third kappa shape index (κ3) is 2.84. The summed E-state index contributed by atoms with van der Waals surface area (Å²) in [5.74, 6) is -0.271. The minimum absolute atomic E-state index is 0.0296. The van der Waals surface area contributed by atoms with Gasteiger partial charge in [0.15, 0.2) is 0 Å². The van der Waals surface area contributed by atoms with E-state index in [1.165, 1.54) is 11.3 Å². The average Bonchev–Trinajstić information content (AvgIpc) is 2.86. The van der Waals surface area contributed by atoms with Gasteiger partial charge in [-0.15, -0.1) is 11.3 Å². The van der Waals surface area contributed by atoms with E-state index in [4.69, 9.17) is 11.6 Å². The fraction of sp³-hybridized carbons (Fsp3) is 0.500. The number of carbonyl (C=O) groups excluding carboxylic acids is 2. The Hall–Kier alpha value is -1.07. The largest absolute Gasteiger partial charge is 0.348 e. The molecule has 1 N–H and O–H groups in total. The lowest BCUT2D eigenvalue weighted by atomic mass is 10.1. The number of hydrogen-bond donors (Lipinski definition) is 1. The van der Waals surface area contributed by atoms with Crippen molar-refractivity contribution in [3.63, 3.8) is 0 Å². The van der Waals surface area contributed by atoms with Gasteiger partial charge in [-0.2, -0.15) is 0 Å². The first-order valence-electron chi connectivity index (χ1n) is 5.77. The molecule has 0 aromatic carbocycles. The van der Waals surface area contributed by atoms with Crippen LogP contribution in [0, 0.1) is 5.92 Å². The molecule has 6 heteroatoms. The zero-order chi connectivity index (χ0) is 13.3. The van der Waals surface area contributed by atoms with Gasteiger partial charge in [-0.25, -0.2) is 0 Å². The van der Waals surface area contributed by atoms with Crippen LogP contribution < -0.4 is 5.32 Å². The number of nitrogens with one attached hydrogen (secondary N) is 1. The topological polar surface area (TPSA) is 49.4 Å². The molecule has 0 bridgehead atoms. The molecular formula is C12H15ClN2O2S. The second-order valence-corrected chi connectivity index (χ2v) is 6.29. The van der Waals surface area contributed by atoms with Crippen LogP contribution >= 0.6 is 22.9 Å². The van der Waals surface area contributed by atoms with E-state index in [2.05, 4.69) is 5.32 Å². The molecule has 2 amide bonds. The highest BCUT2D eigenvalue weighted by atomic mass is 35.5. The van der Waals surface area contributed by atoms with Crippen molar-refractivity contribution < 1.29 is 9.59 Å². The number of rotatable bonds is 3. The van der Waals surface area contributed by atoms with Crippen molar-refractivity contribution in [1.82, 2.24) is 10.2 Å². The fourth-order valence-corrected chi connectivity index (χ4v) is 3.07. The Bertz CT molecular complexity index is 474. The molecule has 0 aliphatic carbocycles. The molecule has 1 aromatic rings. The van der Waals surface area contributed by atoms with Crippen LogP contribution in [-0.2, 0) is 9.59 Å². The summed E-state index contributed by atoms with van der Waals surface area (Å²) in [5.41, 5.74) is 0. The van der Waals surface area contributed by atoms with E-state index in [1.807, 2.05) is 19.1 Å². The quantitative estimate of drug-likeness (QED) is 0.925. The average molecular weight is 287 g/mol. The van der Waals surface area contributed by atoms with Crippen LogP contribution in [0.3, 0.4) is 0 Å². The number of halogens is 1. The number of carbonyl (C=O) groups is 2. The van der Waals surface area contributed by atoms with Crippen LogP contribution in [0.5, 0.6) is 0 Å². The van der Waals surface area contributed by atoms with Crippen LogP contribution in [0.2, 0.25) is 4.34 Å². The summed E-state index contributed by atoms with van der Waals surface area (Å²) in [6, 6.07) is 3.65. The molecule has 2 atom stereocenters. The van der Waals surface area contributed by atoms with Gasteiger partial charge < -0.3 is 10.2 Å². The third-order valence-electron chi connectivity index (χ3n) is 3.09.